The number of benzene rings is 3. The largest absolute Gasteiger partial charge is 0.493 e. The van der Waals surface area contributed by atoms with Crippen LogP contribution in [-0.2, 0) is 26.0 Å². The quantitative estimate of drug-likeness (QED) is 0.329. The maximum atomic E-state index is 13.4. The molecule has 0 saturated carbocycles. The minimum absolute atomic E-state index is 0.0784. The van der Waals surface area contributed by atoms with E-state index in [-0.39, 0.29) is 17.1 Å². The lowest BCUT2D eigenvalue weighted by Gasteiger charge is -2.24. The van der Waals surface area contributed by atoms with Crippen molar-refractivity contribution in [1.29, 1.82) is 0 Å². The van der Waals surface area contributed by atoms with E-state index in [1.54, 1.807) is 42.5 Å². The van der Waals surface area contributed by atoms with Crippen molar-refractivity contribution in [3.63, 3.8) is 0 Å². The number of anilines is 1. The first-order valence-corrected chi connectivity index (χ1v) is 13.0. The van der Waals surface area contributed by atoms with Gasteiger partial charge in [0.15, 0.2) is 11.5 Å². The molecule has 0 aromatic heterocycles. The highest BCUT2D eigenvalue weighted by Gasteiger charge is 2.42. The first kappa shape index (κ1) is 26.0. The smallest absolute Gasteiger partial charge is 0.327 e. The van der Waals surface area contributed by atoms with Crippen molar-refractivity contribution in [3.05, 3.63) is 77.9 Å². The van der Waals surface area contributed by atoms with Crippen molar-refractivity contribution in [2.75, 3.05) is 18.5 Å². The van der Waals surface area contributed by atoms with Crippen LogP contribution in [0.1, 0.15) is 30.4 Å². The van der Waals surface area contributed by atoms with E-state index >= 15 is 0 Å². The molecule has 0 bridgehead atoms. The van der Waals surface area contributed by atoms with Gasteiger partial charge < -0.3 is 19.3 Å². The number of fused-ring (bicyclic) bond motifs is 1. The van der Waals surface area contributed by atoms with Crippen molar-refractivity contribution in [2.24, 2.45) is 0 Å². The Morgan fingerprint density at radius 3 is 2.30 bits per heavy atom. The van der Waals surface area contributed by atoms with Crippen LogP contribution in [0.25, 0.3) is 0 Å². The van der Waals surface area contributed by atoms with Crippen LogP contribution in [0.15, 0.2) is 71.6 Å². The van der Waals surface area contributed by atoms with E-state index in [0.717, 1.165) is 4.31 Å². The highest BCUT2D eigenvalue weighted by molar-refractivity contribution is 7.93. The molecule has 3 aromatic rings. The summed E-state index contributed by atoms with van der Waals surface area (Å²) in [5.41, 5.74) is 1.67. The molecule has 0 radical (unpaired) electrons. The summed E-state index contributed by atoms with van der Waals surface area (Å²) in [6, 6.07) is 16.0. The highest BCUT2D eigenvalue weighted by atomic mass is 32.2. The Bertz CT molecular complexity index is 1420. The molecule has 0 saturated heterocycles. The van der Waals surface area contributed by atoms with E-state index in [1.165, 1.54) is 38.5 Å². The maximum Gasteiger partial charge on any atom is 0.327 e. The second-order valence-corrected chi connectivity index (χ2v) is 10.3. The SMILES string of the molecule is CCC(C(=O)Oc1ccc(S(=O)(=O)N2c3ccccc3CC2C(=O)O)cc1)c1ccc(OC)c(OC)c1. The van der Waals surface area contributed by atoms with Gasteiger partial charge in [-0.1, -0.05) is 31.2 Å². The summed E-state index contributed by atoms with van der Waals surface area (Å²) in [4.78, 5) is 24.7. The Hall–Kier alpha value is -4.05. The third-order valence-corrected chi connectivity index (χ3v) is 8.15. The number of para-hydroxylation sites is 1. The first-order chi connectivity index (χ1) is 17.7. The number of sulfonamides is 1. The van der Waals surface area contributed by atoms with Gasteiger partial charge in [-0.05, 0) is 60.0 Å². The van der Waals surface area contributed by atoms with Gasteiger partial charge in [-0.25, -0.2) is 13.2 Å². The number of aliphatic carboxylic acids is 1. The number of carbonyl (C=O) groups is 2. The van der Waals surface area contributed by atoms with Crippen LogP contribution in [0.4, 0.5) is 5.69 Å². The Morgan fingerprint density at radius 2 is 1.68 bits per heavy atom. The average molecular weight is 526 g/mol. The topological polar surface area (TPSA) is 119 Å². The predicted octanol–water partition coefficient (Wildman–Crippen LogP) is 4.01. The molecule has 1 aliphatic rings. The Labute approximate surface area is 215 Å². The molecule has 9 nitrogen and oxygen atoms in total. The first-order valence-electron chi connectivity index (χ1n) is 11.6. The van der Waals surface area contributed by atoms with Gasteiger partial charge in [0, 0.05) is 6.42 Å². The van der Waals surface area contributed by atoms with E-state index in [9.17, 15) is 23.1 Å². The molecule has 10 heteroatoms. The second-order valence-electron chi connectivity index (χ2n) is 8.46. The van der Waals surface area contributed by atoms with E-state index in [0.29, 0.717) is 34.7 Å². The third kappa shape index (κ3) is 4.97. The fraction of sp³-hybridized carbons (Fsp3) is 0.259. The zero-order valence-corrected chi connectivity index (χ0v) is 21.4. The Balaban J connectivity index is 1.56. The number of ether oxygens (including phenoxy) is 3. The summed E-state index contributed by atoms with van der Waals surface area (Å²) >= 11 is 0. The number of methoxy groups -OCH3 is 2. The zero-order valence-electron chi connectivity index (χ0n) is 20.6. The van der Waals surface area contributed by atoms with Crippen molar-refractivity contribution in [3.8, 4) is 17.2 Å². The summed E-state index contributed by atoms with van der Waals surface area (Å²) in [5.74, 6) is -1.13. The normalized spacial score (nSPS) is 15.5. The minimum atomic E-state index is -4.18. The standard InChI is InChI=1S/C27H27NO8S/c1-4-21(17-9-14-24(34-2)25(16-17)35-3)27(31)36-19-10-12-20(13-11-19)37(32,33)28-22-8-6-5-7-18(22)15-23(28)26(29)30/h5-14,16,21,23H,4,15H2,1-3H3,(H,29,30). The van der Waals surface area contributed by atoms with E-state index in [1.807, 2.05) is 6.92 Å². The zero-order chi connectivity index (χ0) is 26.7. The molecule has 1 N–H and O–H groups in total. The minimum Gasteiger partial charge on any atom is -0.493 e. The molecule has 4 rings (SSSR count). The lowest BCUT2D eigenvalue weighted by Crippen LogP contribution is -2.42. The van der Waals surface area contributed by atoms with E-state index < -0.39 is 33.9 Å². The third-order valence-electron chi connectivity index (χ3n) is 6.31. The lowest BCUT2D eigenvalue weighted by atomic mass is 9.96. The number of rotatable bonds is 9. The van der Waals surface area contributed by atoms with E-state index in [2.05, 4.69) is 0 Å². The van der Waals surface area contributed by atoms with Gasteiger partial charge >= 0.3 is 11.9 Å². The summed E-state index contributed by atoms with van der Waals surface area (Å²) in [7, 11) is -1.15. The number of hydrogen-bond donors (Lipinski definition) is 1. The summed E-state index contributed by atoms with van der Waals surface area (Å²) in [5, 5.41) is 9.66. The number of nitrogens with zero attached hydrogens (tertiary/aromatic N) is 1. The lowest BCUT2D eigenvalue weighted by molar-refractivity contribution is -0.138. The van der Waals surface area contributed by atoms with Crippen LogP contribution >= 0.6 is 0 Å². The van der Waals surface area contributed by atoms with Crippen LogP contribution in [0.3, 0.4) is 0 Å². The van der Waals surface area contributed by atoms with Crippen molar-refractivity contribution < 1.29 is 37.3 Å². The van der Waals surface area contributed by atoms with Crippen LogP contribution in [-0.4, -0.2) is 45.7 Å². The van der Waals surface area contributed by atoms with Crippen molar-refractivity contribution >= 4 is 27.6 Å². The van der Waals surface area contributed by atoms with Crippen LogP contribution in [0.2, 0.25) is 0 Å². The predicted molar refractivity (Wildman–Crippen MR) is 136 cm³/mol. The second kappa shape index (κ2) is 10.5. The number of esters is 1. The molecule has 1 heterocycles. The van der Waals surface area contributed by atoms with Gasteiger partial charge in [-0.15, -0.1) is 0 Å². The number of carboxylic acids is 1. The Morgan fingerprint density at radius 1 is 1.00 bits per heavy atom. The fourth-order valence-corrected chi connectivity index (χ4v) is 6.07. The van der Waals surface area contributed by atoms with E-state index in [4.69, 9.17) is 14.2 Å². The summed E-state index contributed by atoms with van der Waals surface area (Å²) in [6.45, 7) is 1.85. The van der Waals surface area contributed by atoms with Gasteiger partial charge in [-0.3, -0.25) is 9.10 Å². The molecule has 37 heavy (non-hydrogen) atoms. The molecular weight excluding hydrogens is 498 g/mol. The summed E-state index contributed by atoms with van der Waals surface area (Å²) in [6.07, 6.45) is 0.542. The Kier molecular flexibility index (Phi) is 7.40. The fourth-order valence-electron chi connectivity index (χ4n) is 4.43. The highest BCUT2D eigenvalue weighted by Crippen LogP contribution is 2.37. The van der Waals surface area contributed by atoms with Crippen LogP contribution in [0.5, 0.6) is 17.2 Å². The molecule has 0 fully saturated rings. The van der Waals surface area contributed by atoms with Gasteiger partial charge in [0.1, 0.15) is 11.8 Å². The molecule has 1 aliphatic heterocycles. The summed E-state index contributed by atoms with van der Waals surface area (Å²) < 4.78 is 43.9. The number of carbonyl (C=O) groups excluding carboxylic acids is 1. The van der Waals surface area contributed by atoms with Gasteiger partial charge in [0.2, 0.25) is 0 Å². The molecule has 0 spiro atoms. The number of hydrogen-bond acceptors (Lipinski definition) is 7. The van der Waals surface area contributed by atoms with Gasteiger partial charge in [0.05, 0.1) is 30.7 Å². The molecular formula is C27H27NO8S. The monoisotopic (exact) mass is 525 g/mol. The molecule has 194 valence electrons. The molecule has 0 amide bonds. The number of carboxylic acid groups (broad SMARTS) is 1. The molecule has 3 aromatic carbocycles. The molecule has 0 aliphatic carbocycles. The van der Waals surface area contributed by atoms with Crippen LogP contribution in [0, 0.1) is 0 Å². The van der Waals surface area contributed by atoms with Gasteiger partial charge in [-0.2, -0.15) is 0 Å². The van der Waals surface area contributed by atoms with Crippen LogP contribution < -0.4 is 18.5 Å². The van der Waals surface area contributed by atoms with Crippen molar-refractivity contribution in [2.45, 2.75) is 36.6 Å². The van der Waals surface area contributed by atoms with Gasteiger partial charge in [0.25, 0.3) is 10.0 Å². The molecule has 2 atom stereocenters. The molecule has 2 unspecified atom stereocenters. The average Bonchev–Trinajstić information content (AvgIpc) is 3.30. The van der Waals surface area contributed by atoms with Crippen molar-refractivity contribution in [1.82, 2.24) is 0 Å². The maximum absolute atomic E-state index is 13.4.